The third kappa shape index (κ3) is 5.30. The molecule has 3 N–H and O–H groups in total. The second-order valence-electron chi connectivity index (χ2n) is 7.51. The molecule has 0 spiro atoms. The minimum absolute atomic E-state index is 0.0639. The van der Waals surface area contributed by atoms with E-state index in [2.05, 4.69) is 10.3 Å². The Morgan fingerprint density at radius 3 is 2.71 bits per heavy atom. The molecule has 4 rings (SSSR count). The molecule has 1 aromatic heterocycles. The average molecular weight is 463 g/mol. The molecule has 0 fully saturated rings. The number of esters is 1. The lowest BCUT2D eigenvalue weighted by atomic mass is 9.97. The van der Waals surface area contributed by atoms with Gasteiger partial charge >= 0.3 is 5.97 Å². The maximum atomic E-state index is 13.1. The summed E-state index contributed by atoms with van der Waals surface area (Å²) in [6.07, 6.45) is 1.61. The highest BCUT2D eigenvalue weighted by atomic mass is 16.5. The van der Waals surface area contributed by atoms with Gasteiger partial charge in [-0.15, -0.1) is 0 Å². The van der Waals surface area contributed by atoms with Gasteiger partial charge in [0.1, 0.15) is 6.56 Å². The van der Waals surface area contributed by atoms with Gasteiger partial charge in [-0.25, -0.2) is 4.79 Å². The van der Waals surface area contributed by atoms with Crippen LogP contribution in [0.4, 0.5) is 5.69 Å². The zero-order valence-corrected chi connectivity index (χ0v) is 18.0. The number of nitrogens with one attached hydrogen (secondary N) is 1. The lowest BCUT2D eigenvalue weighted by Crippen LogP contribution is -2.27. The van der Waals surface area contributed by atoms with Crippen molar-refractivity contribution in [3.63, 3.8) is 0 Å². The Hall–Kier alpha value is -4.03. The number of rotatable bonds is 7. The first kappa shape index (κ1) is 14.3. The topological polar surface area (TPSA) is 94.3 Å². The molecule has 0 aliphatic carbocycles. The third-order valence-corrected chi connectivity index (χ3v) is 5.20. The van der Waals surface area contributed by atoms with Crippen LogP contribution in [0.2, 0.25) is 0 Å². The van der Waals surface area contributed by atoms with E-state index in [4.69, 9.17) is 22.8 Å². The summed E-state index contributed by atoms with van der Waals surface area (Å²) in [5.74, 6) is -2.51. The molecule has 1 heterocycles. The van der Waals surface area contributed by atoms with Gasteiger partial charge in [0.05, 0.1) is 15.6 Å². The van der Waals surface area contributed by atoms with E-state index >= 15 is 0 Å². The van der Waals surface area contributed by atoms with Crippen LogP contribution in [0.5, 0.6) is 0 Å². The number of benzene rings is 3. The lowest BCUT2D eigenvalue weighted by molar-refractivity contribution is -0.117. The fourth-order valence-corrected chi connectivity index (χ4v) is 3.39. The van der Waals surface area contributed by atoms with E-state index in [9.17, 15) is 9.59 Å². The van der Waals surface area contributed by atoms with Crippen LogP contribution in [0.25, 0.3) is 10.8 Å². The molecular formula is C28H27N3O3. The molecule has 172 valence electrons. The smallest absolute Gasteiger partial charge is 0.338 e. The zero-order valence-electron chi connectivity index (χ0n) is 27.0. The van der Waals surface area contributed by atoms with Gasteiger partial charge in [0, 0.05) is 38.2 Å². The number of pyridine rings is 1. The number of aryl methyl sites for hydroxylation is 2. The van der Waals surface area contributed by atoms with Gasteiger partial charge in [-0.2, -0.15) is 0 Å². The molecule has 0 bridgehead atoms. The molecule has 6 nitrogen and oxygen atoms in total. The normalized spacial score (nSPS) is 16.8. The minimum atomic E-state index is -2.86. The maximum Gasteiger partial charge on any atom is 0.338 e. The number of carbonyl (C=O) groups excluding carboxylic acids is 2. The average Bonchev–Trinajstić information content (AvgIpc) is 2.92. The number of hydrogen-bond donors (Lipinski definition) is 2. The fraction of sp³-hybridized carbons (Fsp3) is 0.179. The van der Waals surface area contributed by atoms with Crippen LogP contribution in [0.15, 0.2) is 79.1 Å². The predicted molar refractivity (Wildman–Crippen MR) is 134 cm³/mol. The highest BCUT2D eigenvalue weighted by Gasteiger charge is 2.19. The first-order valence-electron chi connectivity index (χ1n) is 14.9. The Morgan fingerprint density at radius 1 is 1.09 bits per heavy atom. The van der Waals surface area contributed by atoms with Crippen molar-refractivity contribution in [2.75, 3.05) is 11.9 Å². The summed E-state index contributed by atoms with van der Waals surface area (Å²) in [5.41, 5.74) is 5.41. The van der Waals surface area contributed by atoms with E-state index in [0.717, 1.165) is 23.6 Å². The Morgan fingerprint density at radius 2 is 1.94 bits per heavy atom. The highest BCUT2D eigenvalue weighted by Crippen LogP contribution is 2.22. The van der Waals surface area contributed by atoms with E-state index in [1.54, 1.807) is 24.3 Å². The van der Waals surface area contributed by atoms with E-state index in [1.807, 2.05) is 0 Å². The number of aromatic nitrogens is 1. The Balaban J connectivity index is 1.52. The minimum Gasteiger partial charge on any atom is -0.457 e. The van der Waals surface area contributed by atoms with Crippen LogP contribution < -0.4 is 11.1 Å². The lowest BCUT2D eigenvalue weighted by Gasteiger charge is -2.16. The highest BCUT2D eigenvalue weighted by molar-refractivity contribution is 5.98. The monoisotopic (exact) mass is 462 g/mol. The Labute approximate surface area is 211 Å². The van der Waals surface area contributed by atoms with Crippen molar-refractivity contribution in [2.45, 2.75) is 26.2 Å². The molecule has 0 aliphatic rings. The molecule has 34 heavy (non-hydrogen) atoms. The quantitative estimate of drug-likeness (QED) is 0.381. The van der Waals surface area contributed by atoms with E-state index in [0.29, 0.717) is 16.6 Å². The molecule has 0 aliphatic heterocycles. The fourth-order valence-electron chi connectivity index (χ4n) is 3.39. The van der Waals surface area contributed by atoms with Crippen LogP contribution >= 0.6 is 0 Å². The van der Waals surface area contributed by atoms with E-state index < -0.39 is 49.2 Å². The molecule has 0 saturated carbocycles. The number of amides is 1. The summed E-state index contributed by atoms with van der Waals surface area (Å²) >= 11 is 0. The number of nitrogens with two attached hydrogens (primary N) is 1. The van der Waals surface area contributed by atoms with Gasteiger partial charge < -0.3 is 15.8 Å². The molecule has 4 aromatic rings. The molecule has 3 aromatic carbocycles. The van der Waals surface area contributed by atoms with E-state index in [1.165, 1.54) is 30.5 Å². The van der Waals surface area contributed by atoms with Crippen LogP contribution in [-0.4, -0.2) is 23.4 Å². The standard InChI is InChI=1S/C28H27N3O3/c1-18-3-10-25(19(2)13-18)28(33)34-17-20-4-6-21(7-5-20)26(15-29)27(32)31-24-9-8-23-16-30-12-11-22(23)14-24/h3-14,16,26H,15,17,29H2,1-2H3,(H,31,32)/i1D3,2D3,16D,17D2. The predicted octanol–water partition coefficient (Wildman–Crippen LogP) is 4.89. The van der Waals surface area contributed by atoms with Crippen molar-refractivity contribution in [1.82, 2.24) is 4.98 Å². The molecule has 6 heteroatoms. The first-order valence-corrected chi connectivity index (χ1v) is 10.4. The first-order chi connectivity index (χ1) is 20.0. The van der Waals surface area contributed by atoms with E-state index in [-0.39, 0.29) is 23.8 Å². The van der Waals surface area contributed by atoms with Crippen LogP contribution in [-0.2, 0) is 16.1 Å². The number of anilines is 1. The van der Waals surface area contributed by atoms with Crippen LogP contribution in [0.3, 0.4) is 0 Å². The van der Waals surface area contributed by atoms with Crippen molar-refractivity contribution in [3.8, 4) is 0 Å². The maximum absolute atomic E-state index is 13.1. The van der Waals surface area contributed by atoms with Crippen molar-refractivity contribution < 1.29 is 26.7 Å². The van der Waals surface area contributed by atoms with Crippen molar-refractivity contribution in [1.29, 1.82) is 0 Å². The number of hydrogen-bond acceptors (Lipinski definition) is 5. The number of fused-ring (bicyclic) bond motifs is 1. The molecule has 0 saturated heterocycles. The summed E-state index contributed by atoms with van der Waals surface area (Å²) in [4.78, 5) is 29.9. The van der Waals surface area contributed by atoms with Gasteiger partial charge in [0.2, 0.25) is 5.91 Å². The zero-order chi connectivity index (χ0) is 31.7. The van der Waals surface area contributed by atoms with Gasteiger partial charge in [-0.05, 0) is 60.0 Å². The summed E-state index contributed by atoms with van der Waals surface area (Å²) in [5, 5.41) is 4.15. The Bertz CT molecular complexity index is 1670. The van der Waals surface area contributed by atoms with Gasteiger partial charge in [-0.1, -0.05) is 48.0 Å². The number of carbonyl (C=O) groups is 2. The SMILES string of the molecule is [2H]c1nccc2cc(NC(=O)C(CN)c3ccc(C([2H])([2H])OC(=O)c4ccc(C([2H])([2H])[2H])cc4C([2H])([2H])[2H])cc3)ccc12. The largest absolute Gasteiger partial charge is 0.457 e. The second kappa shape index (κ2) is 10.3. The molecular weight excluding hydrogens is 426 g/mol. The van der Waals surface area contributed by atoms with Gasteiger partial charge in [-0.3, -0.25) is 9.78 Å². The van der Waals surface area contributed by atoms with Crippen molar-refractivity contribution >= 4 is 28.3 Å². The summed E-state index contributed by atoms with van der Waals surface area (Å²) < 4.78 is 75.3. The molecule has 1 unspecified atom stereocenters. The second-order valence-corrected chi connectivity index (χ2v) is 7.51. The summed E-state index contributed by atoms with van der Waals surface area (Å²) in [7, 11) is 0. The van der Waals surface area contributed by atoms with Gasteiger partial charge in [0.25, 0.3) is 0 Å². The van der Waals surface area contributed by atoms with Crippen LogP contribution in [0.1, 0.15) is 50.9 Å². The number of nitrogens with zero attached hydrogens (tertiary/aromatic N) is 1. The van der Waals surface area contributed by atoms with Gasteiger partial charge in [0.15, 0.2) is 0 Å². The Kier molecular flexibility index (Phi) is 4.31. The van der Waals surface area contributed by atoms with Crippen LogP contribution in [0, 0.1) is 13.7 Å². The number of ether oxygens (including phenoxy) is 1. The third-order valence-electron chi connectivity index (χ3n) is 5.20. The summed E-state index contributed by atoms with van der Waals surface area (Å²) in [6.45, 7) is -8.25. The molecule has 0 radical (unpaired) electrons. The van der Waals surface area contributed by atoms with Crippen molar-refractivity contribution in [2.24, 2.45) is 5.73 Å². The summed E-state index contributed by atoms with van der Waals surface area (Å²) in [6, 6.07) is 15.3. The van der Waals surface area contributed by atoms with Crippen molar-refractivity contribution in [3.05, 3.63) is 107 Å². The molecule has 1 amide bonds. The molecule has 1 atom stereocenters.